The van der Waals surface area contributed by atoms with Crippen LogP contribution in [0, 0.1) is 3.57 Å². The van der Waals surface area contributed by atoms with Gasteiger partial charge in [-0.25, -0.2) is 15.0 Å². The van der Waals surface area contributed by atoms with Gasteiger partial charge in [0.2, 0.25) is 5.91 Å². The van der Waals surface area contributed by atoms with E-state index in [4.69, 9.17) is 4.74 Å². The maximum Gasteiger partial charge on any atom is 0.236 e. The van der Waals surface area contributed by atoms with Gasteiger partial charge in [0.25, 0.3) is 0 Å². The largest absolute Gasteiger partial charge is 0.496 e. The molecule has 4 atom stereocenters. The van der Waals surface area contributed by atoms with Crippen molar-refractivity contribution in [1.82, 2.24) is 24.8 Å². The molecule has 1 aliphatic heterocycles. The third kappa shape index (κ3) is 5.37. The Morgan fingerprint density at radius 2 is 1.95 bits per heavy atom. The number of anilines is 1. The number of aromatic nitrogens is 4. The number of ether oxygens (including phenoxy) is 1. The first-order valence-electron chi connectivity index (χ1n) is 11.5. The first-order chi connectivity index (χ1) is 18.0. The van der Waals surface area contributed by atoms with Crippen molar-refractivity contribution in [1.29, 1.82) is 0 Å². The van der Waals surface area contributed by atoms with Crippen molar-refractivity contribution in [2.75, 3.05) is 12.4 Å². The van der Waals surface area contributed by atoms with Crippen molar-refractivity contribution in [2.45, 2.75) is 35.9 Å². The number of amides is 1. The summed E-state index contributed by atoms with van der Waals surface area (Å²) in [5.74, 6) is 0.854. The highest BCUT2D eigenvalue weighted by molar-refractivity contribution is 14.1. The topological polar surface area (TPSA) is 134 Å². The number of nitrogens with one attached hydrogen (secondary N) is 2. The molecule has 2 aromatic carbocycles. The smallest absolute Gasteiger partial charge is 0.236 e. The second kappa shape index (κ2) is 11.2. The minimum atomic E-state index is -1.26. The Kier molecular flexibility index (Phi) is 7.79. The molecular weight excluding hydrogens is 607 g/mol. The van der Waals surface area contributed by atoms with E-state index in [2.05, 4.69) is 54.2 Å². The zero-order valence-electron chi connectivity index (χ0n) is 19.8. The maximum absolute atomic E-state index is 12.9. The van der Waals surface area contributed by atoms with Gasteiger partial charge in [0.05, 0.1) is 13.4 Å². The lowest BCUT2D eigenvalue weighted by Gasteiger charge is -2.17. The van der Waals surface area contributed by atoms with Gasteiger partial charge in [-0.1, -0.05) is 30.3 Å². The van der Waals surface area contributed by atoms with E-state index in [1.54, 1.807) is 18.0 Å². The minimum absolute atomic E-state index is 0.240. The fraction of sp³-hybridized carbons (Fsp3) is 0.280. The number of nitrogens with zero attached hydrogens (tertiary/aromatic N) is 4. The summed E-state index contributed by atoms with van der Waals surface area (Å²) >= 11 is 3.44. The van der Waals surface area contributed by atoms with E-state index in [-0.39, 0.29) is 12.5 Å². The fourth-order valence-corrected chi connectivity index (χ4v) is 6.28. The number of methoxy groups -OCH3 is 1. The Bertz CT molecular complexity index is 1420. The first kappa shape index (κ1) is 25.7. The molecule has 12 heteroatoms. The van der Waals surface area contributed by atoms with Crippen molar-refractivity contribution in [3.05, 3.63) is 75.9 Å². The molecule has 0 spiro atoms. The lowest BCUT2D eigenvalue weighted by Crippen LogP contribution is -2.41. The Balaban J connectivity index is 1.30. The van der Waals surface area contributed by atoms with Gasteiger partial charge < -0.3 is 25.6 Å². The monoisotopic (exact) mass is 632 g/mol. The highest BCUT2D eigenvalue weighted by Crippen LogP contribution is 2.43. The number of imidazole rings is 1. The molecule has 2 aromatic heterocycles. The normalized spacial score (nSPS) is 21.2. The second-order valence-electron chi connectivity index (χ2n) is 8.49. The van der Waals surface area contributed by atoms with Crippen LogP contribution in [0.5, 0.6) is 5.75 Å². The van der Waals surface area contributed by atoms with Crippen LogP contribution in [-0.4, -0.2) is 60.2 Å². The molecule has 1 saturated heterocycles. The molecule has 37 heavy (non-hydrogen) atoms. The summed E-state index contributed by atoms with van der Waals surface area (Å²) in [5, 5.41) is 26.2. The number of aliphatic hydroxyl groups excluding tert-OH is 2. The highest BCUT2D eigenvalue weighted by atomic mass is 127. The van der Waals surface area contributed by atoms with Crippen LogP contribution in [0.1, 0.15) is 16.5 Å². The number of fused-ring (bicyclic) bond motifs is 1. The summed E-state index contributed by atoms with van der Waals surface area (Å²) in [7, 11) is 1.57. The predicted octanol–water partition coefficient (Wildman–Crippen LogP) is 2.70. The molecule has 192 valence electrons. The molecule has 1 amide bonds. The third-order valence-electron chi connectivity index (χ3n) is 6.12. The standard InChI is InChI=1S/C25H25IN6O4S/c1-36-17-8-3-2-6-15(17)11-28-24(35)21-19(33)20(34)25(37-21)32-13-31-18-22(29-12-30-23(18)32)27-10-14-5-4-7-16(26)9-14/h2-9,12-13,19-21,25,33-34H,10-11H2,1H3,(H,28,35)(H,27,29,30)/t19-,20+,21-,25+/m0/s1. The lowest BCUT2D eigenvalue weighted by molar-refractivity contribution is -0.123. The van der Waals surface area contributed by atoms with Crippen LogP contribution in [0.25, 0.3) is 11.2 Å². The van der Waals surface area contributed by atoms with Gasteiger partial charge in [-0.15, -0.1) is 11.8 Å². The highest BCUT2D eigenvalue weighted by Gasteiger charge is 2.47. The van der Waals surface area contributed by atoms with Gasteiger partial charge in [-0.3, -0.25) is 9.36 Å². The van der Waals surface area contributed by atoms with E-state index in [0.29, 0.717) is 29.3 Å². The molecular formula is C25H25IN6O4S. The molecule has 10 nitrogen and oxygen atoms in total. The number of thioether (sulfide) groups is 1. The Labute approximate surface area is 231 Å². The molecule has 3 heterocycles. The van der Waals surface area contributed by atoms with Gasteiger partial charge in [-0.05, 0) is 46.4 Å². The molecule has 1 aliphatic rings. The molecule has 0 bridgehead atoms. The van der Waals surface area contributed by atoms with Crippen LogP contribution in [0.2, 0.25) is 0 Å². The van der Waals surface area contributed by atoms with Crippen molar-refractivity contribution >= 4 is 57.2 Å². The number of rotatable bonds is 8. The number of para-hydroxylation sites is 1. The van der Waals surface area contributed by atoms with E-state index >= 15 is 0 Å². The molecule has 0 radical (unpaired) electrons. The van der Waals surface area contributed by atoms with Gasteiger partial charge >= 0.3 is 0 Å². The molecule has 4 aromatic rings. The predicted molar refractivity (Wildman–Crippen MR) is 149 cm³/mol. The molecule has 1 fully saturated rings. The van der Waals surface area contributed by atoms with Gasteiger partial charge in [0.1, 0.15) is 40.4 Å². The second-order valence-corrected chi connectivity index (χ2v) is 11.0. The van der Waals surface area contributed by atoms with Crippen LogP contribution in [0.4, 0.5) is 5.82 Å². The number of halogens is 1. The third-order valence-corrected chi connectivity index (χ3v) is 8.37. The SMILES string of the molecule is COc1ccccc1CNC(=O)[C@H]1S[C@@H](n2cnc3c(NCc4cccc(I)c4)ncnc32)[C@H](O)[C@@H]1O. The maximum atomic E-state index is 12.9. The van der Waals surface area contributed by atoms with E-state index in [1.165, 1.54) is 18.1 Å². The summed E-state index contributed by atoms with van der Waals surface area (Å²) in [5.41, 5.74) is 2.96. The molecule has 0 aliphatic carbocycles. The van der Waals surface area contributed by atoms with E-state index in [9.17, 15) is 15.0 Å². The summed E-state index contributed by atoms with van der Waals surface area (Å²) in [4.78, 5) is 26.1. The Hall–Kier alpha value is -2.94. The van der Waals surface area contributed by atoms with Crippen molar-refractivity contribution < 1.29 is 19.7 Å². The molecule has 0 saturated carbocycles. The number of benzene rings is 2. The molecule has 0 unspecified atom stereocenters. The summed E-state index contributed by atoms with van der Waals surface area (Å²) in [6.07, 6.45) is 0.531. The van der Waals surface area contributed by atoms with Crippen LogP contribution >= 0.6 is 34.4 Å². The summed E-state index contributed by atoms with van der Waals surface area (Å²) < 4.78 is 8.15. The zero-order valence-corrected chi connectivity index (χ0v) is 22.8. The van der Waals surface area contributed by atoms with Crippen molar-refractivity contribution in [2.24, 2.45) is 0 Å². The Morgan fingerprint density at radius 1 is 1.11 bits per heavy atom. The summed E-state index contributed by atoms with van der Waals surface area (Å²) in [6, 6.07) is 15.5. The fourth-order valence-electron chi connectivity index (χ4n) is 4.24. The van der Waals surface area contributed by atoms with Crippen molar-refractivity contribution in [3.8, 4) is 5.75 Å². The van der Waals surface area contributed by atoms with Gasteiger partial charge in [0.15, 0.2) is 11.5 Å². The molecule has 5 rings (SSSR count). The summed E-state index contributed by atoms with van der Waals surface area (Å²) in [6.45, 7) is 0.799. The number of hydrogen-bond donors (Lipinski definition) is 4. The Morgan fingerprint density at radius 3 is 2.76 bits per heavy atom. The van der Waals surface area contributed by atoms with E-state index in [0.717, 1.165) is 14.7 Å². The lowest BCUT2D eigenvalue weighted by atomic mass is 10.1. The van der Waals surface area contributed by atoms with Gasteiger partial charge in [0, 0.05) is 22.2 Å². The van der Waals surface area contributed by atoms with Crippen LogP contribution in [0.15, 0.2) is 61.2 Å². The number of aliphatic hydroxyl groups is 2. The van der Waals surface area contributed by atoms with E-state index in [1.807, 2.05) is 42.5 Å². The molecule has 4 N–H and O–H groups in total. The van der Waals surface area contributed by atoms with Gasteiger partial charge in [-0.2, -0.15) is 0 Å². The zero-order chi connectivity index (χ0) is 25.9. The number of carbonyl (C=O) groups is 1. The average Bonchev–Trinajstić information content (AvgIpc) is 3.47. The van der Waals surface area contributed by atoms with E-state index < -0.39 is 22.8 Å². The average molecular weight is 632 g/mol. The quantitative estimate of drug-likeness (QED) is 0.217. The number of hydrogen-bond acceptors (Lipinski definition) is 9. The van der Waals surface area contributed by atoms with Crippen LogP contribution in [0.3, 0.4) is 0 Å². The number of carbonyl (C=O) groups excluding carboxylic acids is 1. The van der Waals surface area contributed by atoms with Crippen LogP contribution < -0.4 is 15.4 Å². The first-order valence-corrected chi connectivity index (χ1v) is 13.6. The van der Waals surface area contributed by atoms with Crippen molar-refractivity contribution in [3.63, 3.8) is 0 Å². The minimum Gasteiger partial charge on any atom is -0.496 e. The van der Waals surface area contributed by atoms with Crippen LogP contribution in [-0.2, 0) is 17.9 Å².